The van der Waals surface area contributed by atoms with Gasteiger partial charge in [-0.3, -0.25) is 9.36 Å². The van der Waals surface area contributed by atoms with Crippen LogP contribution in [0.1, 0.15) is 0 Å². The number of nitrogens with zero attached hydrogens (tertiary/aromatic N) is 3. The lowest BCUT2D eigenvalue weighted by Crippen LogP contribution is -2.25. The molecule has 0 aliphatic rings. The standard InChI is InChI=1S/C14H14ClN3O2S/c1-4-7-20-11-6-5-9(8-10(11)15)12-13(19)17(2)14(21)18(3)16-12/h4-6,8H,1,7H2,2-3H3. The van der Waals surface area contributed by atoms with Gasteiger partial charge in [0.05, 0.1) is 5.02 Å². The highest BCUT2D eigenvalue weighted by Gasteiger charge is 2.12. The van der Waals surface area contributed by atoms with E-state index in [4.69, 9.17) is 28.6 Å². The average Bonchev–Trinajstić information content (AvgIpc) is 2.47. The summed E-state index contributed by atoms with van der Waals surface area (Å²) in [6.45, 7) is 3.93. The first-order valence-electron chi connectivity index (χ1n) is 6.13. The lowest BCUT2D eigenvalue weighted by Gasteiger charge is -2.09. The topological polar surface area (TPSA) is 49.0 Å². The molecule has 1 aromatic carbocycles. The Hall–Kier alpha value is -1.92. The van der Waals surface area contributed by atoms with Crippen molar-refractivity contribution in [2.24, 2.45) is 14.1 Å². The van der Waals surface area contributed by atoms with Gasteiger partial charge in [-0.1, -0.05) is 24.3 Å². The molecule has 0 saturated heterocycles. The third kappa shape index (κ3) is 3.06. The van der Waals surface area contributed by atoms with Crippen LogP contribution in [0.4, 0.5) is 0 Å². The molecule has 110 valence electrons. The van der Waals surface area contributed by atoms with Crippen LogP contribution in [0.5, 0.6) is 5.75 Å². The number of benzene rings is 1. The maximum atomic E-state index is 12.2. The van der Waals surface area contributed by atoms with E-state index >= 15 is 0 Å². The molecule has 0 atom stereocenters. The lowest BCUT2D eigenvalue weighted by molar-refractivity contribution is 0.363. The predicted molar refractivity (Wildman–Crippen MR) is 85.4 cm³/mol. The highest BCUT2D eigenvalue weighted by molar-refractivity contribution is 7.71. The second kappa shape index (κ2) is 6.24. The Morgan fingerprint density at radius 2 is 2.19 bits per heavy atom. The lowest BCUT2D eigenvalue weighted by atomic mass is 10.1. The van der Waals surface area contributed by atoms with Crippen LogP contribution in [0.15, 0.2) is 35.6 Å². The summed E-state index contributed by atoms with van der Waals surface area (Å²) >= 11 is 11.2. The summed E-state index contributed by atoms with van der Waals surface area (Å²) in [6, 6.07) is 5.08. The van der Waals surface area contributed by atoms with Crippen LogP contribution in [0.25, 0.3) is 11.3 Å². The molecule has 0 radical (unpaired) electrons. The van der Waals surface area contributed by atoms with Crippen LogP contribution in [0.3, 0.4) is 0 Å². The quantitative estimate of drug-likeness (QED) is 0.641. The molecule has 0 N–H and O–H groups in total. The summed E-state index contributed by atoms with van der Waals surface area (Å²) in [5.41, 5.74) is 0.622. The third-order valence-corrected chi connectivity index (χ3v) is 3.72. The van der Waals surface area contributed by atoms with Gasteiger partial charge in [0.1, 0.15) is 12.4 Å². The zero-order valence-corrected chi connectivity index (χ0v) is 13.2. The van der Waals surface area contributed by atoms with Gasteiger partial charge in [-0.15, -0.1) is 0 Å². The van der Waals surface area contributed by atoms with Crippen LogP contribution in [-0.4, -0.2) is 21.0 Å². The van der Waals surface area contributed by atoms with E-state index in [1.165, 1.54) is 9.25 Å². The van der Waals surface area contributed by atoms with E-state index < -0.39 is 0 Å². The Kier molecular flexibility index (Phi) is 4.59. The van der Waals surface area contributed by atoms with Crippen molar-refractivity contribution in [3.8, 4) is 17.0 Å². The molecule has 1 aromatic heterocycles. The average molecular weight is 324 g/mol. The van der Waals surface area contributed by atoms with Gasteiger partial charge < -0.3 is 4.74 Å². The summed E-state index contributed by atoms with van der Waals surface area (Å²) in [4.78, 5) is 12.2. The van der Waals surface area contributed by atoms with Crippen LogP contribution in [0.2, 0.25) is 5.02 Å². The SMILES string of the molecule is C=CCOc1ccc(-c2nn(C)c(=S)n(C)c2=O)cc1Cl. The molecule has 0 aliphatic carbocycles. The fraction of sp³-hybridized carbons (Fsp3) is 0.214. The van der Waals surface area contributed by atoms with Crippen molar-refractivity contribution in [1.29, 1.82) is 0 Å². The molecule has 2 rings (SSSR count). The van der Waals surface area contributed by atoms with Crippen LogP contribution >= 0.6 is 23.8 Å². The minimum absolute atomic E-state index is 0.270. The first kappa shape index (κ1) is 15.5. The van der Waals surface area contributed by atoms with E-state index in [2.05, 4.69) is 11.7 Å². The number of aryl methyl sites for hydroxylation is 1. The Morgan fingerprint density at radius 3 is 2.81 bits per heavy atom. The first-order chi connectivity index (χ1) is 9.95. The Bertz CT molecular complexity index is 811. The zero-order chi connectivity index (χ0) is 15.6. The van der Waals surface area contributed by atoms with Gasteiger partial charge in [0.25, 0.3) is 5.56 Å². The molecule has 0 bridgehead atoms. The molecule has 0 amide bonds. The van der Waals surface area contributed by atoms with Gasteiger partial charge >= 0.3 is 0 Å². The molecule has 21 heavy (non-hydrogen) atoms. The molecule has 1 heterocycles. The van der Waals surface area contributed by atoms with Crippen molar-refractivity contribution in [2.45, 2.75) is 0 Å². The van der Waals surface area contributed by atoms with Crippen molar-refractivity contribution >= 4 is 23.8 Å². The molecule has 0 unspecified atom stereocenters. The largest absolute Gasteiger partial charge is 0.488 e. The fourth-order valence-electron chi connectivity index (χ4n) is 1.79. The molecule has 0 aliphatic heterocycles. The van der Waals surface area contributed by atoms with Crippen LogP contribution < -0.4 is 10.3 Å². The number of ether oxygens (including phenoxy) is 1. The van der Waals surface area contributed by atoms with Crippen molar-refractivity contribution < 1.29 is 4.74 Å². The van der Waals surface area contributed by atoms with Gasteiger partial charge in [0, 0.05) is 19.7 Å². The van der Waals surface area contributed by atoms with E-state index in [-0.39, 0.29) is 11.3 Å². The van der Waals surface area contributed by atoms with E-state index in [0.29, 0.717) is 27.7 Å². The van der Waals surface area contributed by atoms with Crippen molar-refractivity contribution in [3.05, 3.63) is 51.0 Å². The molecule has 5 nitrogen and oxygen atoms in total. The molecular formula is C14H14ClN3O2S. The second-order valence-corrected chi connectivity index (χ2v) is 5.14. The van der Waals surface area contributed by atoms with Crippen LogP contribution in [-0.2, 0) is 14.1 Å². The Labute approximate surface area is 132 Å². The molecule has 0 fully saturated rings. The highest BCUT2D eigenvalue weighted by Crippen LogP contribution is 2.28. The third-order valence-electron chi connectivity index (χ3n) is 2.88. The van der Waals surface area contributed by atoms with Gasteiger partial charge in [-0.25, -0.2) is 4.68 Å². The van der Waals surface area contributed by atoms with Crippen molar-refractivity contribution in [1.82, 2.24) is 14.3 Å². The van der Waals surface area contributed by atoms with Crippen molar-refractivity contribution in [3.63, 3.8) is 0 Å². The predicted octanol–water partition coefficient (Wildman–Crippen LogP) is 2.73. The molecule has 0 saturated carbocycles. The summed E-state index contributed by atoms with van der Waals surface area (Å²) in [6.07, 6.45) is 1.63. The molecule has 7 heteroatoms. The highest BCUT2D eigenvalue weighted by atomic mass is 35.5. The van der Waals surface area contributed by atoms with Gasteiger partial charge in [0.2, 0.25) is 0 Å². The summed E-state index contributed by atoms with van der Waals surface area (Å²) in [5, 5.41) is 4.61. The van der Waals surface area contributed by atoms with Gasteiger partial charge in [-0.2, -0.15) is 5.10 Å². The number of aromatic nitrogens is 3. The normalized spacial score (nSPS) is 10.4. The van der Waals surface area contributed by atoms with Gasteiger partial charge in [-0.05, 0) is 30.4 Å². The van der Waals surface area contributed by atoms with E-state index in [1.807, 2.05) is 0 Å². The Balaban J connectivity index is 2.53. The monoisotopic (exact) mass is 323 g/mol. The summed E-state index contributed by atoms with van der Waals surface area (Å²) < 4.78 is 8.59. The van der Waals surface area contributed by atoms with E-state index in [9.17, 15) is 4.79 Å². The second-order valence-electron chi connectivity index (χ2n) is 4.36. The number of halogens is 1. The molecular weight excluding hydrogens is 310 g/mol. The molecule has 0 spiro atoms. The number of rotatable bonds is 4. The van der Waals surface area contributed by atoms with E-state index in [0.717, 1.165) is 0 Å². The fourth-order valence-corrected chi connectivity index (χ4v) is 2.15. The minimum atomic E-state index is -0.270. The van der Waals surface area contributed by atoms with Gasteiger partial charge in [0.15, 0.2) is 10.5 Å². The number of hydrogen-bond donors (Lipinski definition) is 0. The van der Waals surface area contributed by atoms with Crippen molar-refractivity contribution in [2.75, 3.05) is 6.61 Å². The minimum Gasteiger partial charge on any atom is -0.488 e. The smallest absolute Gasteiger partial charge is 0.280 e. The molecule has 2 aromatic rings. The first-order valence-corrected chi connectivity index (χ1v) is 6.92. The zero-order valence-electron chi connectivity index (χ0n) is 11.7. The maximum absolute atomic E-state index is 12.2. The Morgan fingerprint density at radius 1 is 1.48 bits per heavy atom. The summed E-state index contributed by atoms with van der Waals surface area (Å²) in [7, 11) is 3.30. The number of hydrogen-bond acceptors (Lipinski definition) is 4. The maximum Gasteiger partial charge on any atom is 0.280 e. The van der Waals surface area contributed by atoms with Crippen LogP contribution in [0, 0.1) is 4.77 Å². The van der Waals surface area contributed by atoms with E-state index in [1.54, 1.807) is 38.4 Å². The summed E-state index contributed by atoms with van der Waals surface area (Å²) in [5.74, 6) is 0.529.